The molecule has 1 fully saturated rings. The minimum absolute atomic E-state index is 0.476. The van der Waals surface area contributed by atoms with Crippen molar-refractivity contribution in [2.24, 2.45) is 0 Å². The molecule has 1 aliphatic rings. The van der Waals surface area contributed by atoms with Crippen molar-refractivity contribution in [3.05, 3.63) is 16.6 Å². The molecule has 4 heteroatoms. The van der Waals surface area contributed by atoms with Gasteiger partial charge in [0.1, 0.15) is 0 Å². The highest BCUT2D eigenvalue weighted by molar-refractivity contribution is 8.00. The molecule has 2 nitrogen and oxygen atoms in total. The zero-order valence-electron chi connectivity index (χ0n) is 7.56. The monoisotopic (exact) mass is 215 g/mol. The zero-order chi connectivity index (χ0) is 9.31. The van der Waals surface area contributed by atoms with Gasteiger partial charge in [0.15, 0.2) is 0 Å². The van der Waals surface area contributed by atoms with Crippen LogP contribution in [0.2, 0.25) is 0 Å². The van der Waals surface area contributed by atoms with Crippen molar-refractivity contribution in [1.29, 1.82) is 0 Å². The Balaban J connectivity index is 2.01. The fraction of sp³-hybridized carbons (Fsp3) is 0.667. The van der Waals surface area contributed by atoms with Gasteiger partial charge in [-0.25, -0.2) is 0 Å². The third-order valence-corrected chi connectivity index (χ3v) is 4.51. The number of rotatable bonds is 2. The molecule has 0 spiro atoms. The Bertz CT molecular complexity index is 275. The first kappa shape index (κ1) is 9.49. The number of aliphatic hydroxyl groups is 1. The molecule has 1 saturated heterocycles. The number of aromatic nitrogens is 1. The SMILES string of the molecule is CC1CC(O)(Cc2cncs2)CS1. The molecule has 2 unspecified atom stereocenters. The van der Waals surface area contributed by atoms with Crippen LogP contribution in [0.4, 0.5) is 0 Å². The van der Waals surface area contributed by atoms with Crippen molar-refractivity contribution < 1.29 is 5.11 Å². The summed E-state index contributed by atoms with van der Waals surface area (Å²) in [5, 5.41) is 10.8. The molecule has 13 heavy (non-hydrogen) atoms. The van der Waals surface area contributed by atoms with Gasteiger partial charge < -0.3 is 5.11 Å². The summed E-state index contributed by atoms with van der Waals surface area (Å²) in [6.45, 7) is 2.18. The van der Waals surface area contributed by atoms with E-state index in [0.717, 1.165) is 18.6 Å². The number of hydrogen-bond acceptors (Lipinski definition) is 4. The van der Waals surface area contributed by atoms with E-state index >= 15 is 0 Å². The lowest BCUT2D eigenvalue weighted by Gasteiger charge is -2.20. The van der Waals surface area contributed by atoms with Gasteiger partial charge in [0.25, 0.3) is 0 Å². The Labute approximate surface area is 86.4 Å². The average Bonchev–Trinajstić information content (AvgIpc) is 2.62. The van der Waals surface area contributed by atoms with Gasteiger partial charge in [-0.3, -0.25) is 4.98 Å². The van der Waals surface area contributed by atoms with E-state index in [4.69, 9.17) is 0 Å². The van der Waals surface area contributed by atoms with E-state index < -0.39 is 5.60 Å². The molecule has 0 aromatic carbocycles. The second kappa shape index (κ2) is 3.59. The maximum Gasteiger partial charge on any atom is 0.0796 e. The molecule has 2 atom stereocenters. The van der Waals surface area contributed by atoms with E-state index in [1.807, 2.05) is 23.5 Å². The van der Waals surface area contributed by atoms with Crippen LogP contribution >= 0.6 is 23.1 Å². The molecule has 0 radical (unpaired) electrons. The number of hydrogen-bond donors (Lipinski definition) is 1. The van der Waals surface area contributed by atoms with Gasteiger partial charge in [-0.15, -0.1) is 11.3 Å². The molecule has 1 aromatic rings. The minimum Gasteiger partial charge on any atom is -0.389 e. The minimum atomic E-state index is -0.476. The van der Waals surface area contributed by atoms with Crippen LogP contribution in [0.25, 0.3) is 0 Å². The molecule has 2 heterocycles. The first-order valence-corrected chi connectivity index (χ1v) is 6.32. The highest BCUT2D eigenvalue weighted by Crippen LogP contribution is 2.36. The second-order valence-electron chi connectivity index (χ2n) is 3.69. The van der Waals surface area contributed by atoms with Crippen LogP contribution < -0.4 is 0 Å². The third-order valence-electron chi connectivity index (χ3n) is 2.29. The Hall–Kier alpha value is -0.0600. The van der Waals surface area contributed by atoms with Crippen LogP contribution in [0.5, 0.6) is 0 Å². The summed E-state index contributed by atoms with van der Waals surface area (Å²) < 4.78 is 0. The van der Waals surface area contributed by atoms with Crippen LogP contribution in [0.1, 0.15) is 18.2 Å². The van der Waals surface area contributed by atoms with Crippen LogP contribution in [0.3, 0.4) is 0 Å². The van der Waals surface area contributed by atoms with E-state index in [0.29, 0.717) is 5.25 Å². The lowest BCUT2D eigenvalue weighted by molar-refractivity contribution is 0.0650. The first-order chi connectivity index (χ1) is 6.18. The fourth-order valence-corrected chi connectivity index (χ4v) is 3.70. The average molecular weight is 215 g/mol. The summed E-state index contributed by atoms with van der Waals surface area (Å²) in [4.78, 5) is 5.21. The quantitative estimate of drug-likeness (QED) is 0.818. The summed E-state index contributed by atoms with van der Waals surface area (Å²) >= 11 is 3.49. The van der Waals surface area contributed by atoms with E-state index in [2.05, 4.69) is 11.9 Å². The van der Waals surface area contributed by atoms with E-state index in [9.17, 15) is 5.11 Å². The summed E-state index contributed by atoms with van der Waals surface area (Å²) in [5.41, 5.74) is 1.35. The predicted molar refractivity (Wildman–Crippen MR) is 57.3 cm³/mol. The van der Waals surface area contributed by atoms with Crippen molar-refractivity contribution >= 4 is 23.1 Å². The second-order valence-corrected chi connectivity index (χ2v) is 6.09. The number of thiazole rings is 1. The van der Waals surface area contributed by atoms with Crippen molar-refractivity contribution in [1.82, 2.24) is 4.98 Å². The third kappa shape index (κ3) is 2.24. The van der Waals surface area contributed by atoms with Crippen molar-refractivity contribution in [2.45, 2.75) is 30.6 Å². The zero-order valence-corrected chi connectivity index (χ0v) is 9.20. The smallest absolute Gasteiger partial charge is 0.0796 e. The Kier molecular flexibility index (Phi) is 2.62. The maximum atomic E-state index is 10.2. The van der Waals surface area contributed by atoms with Crippen molar-refractivity contribution in [3.63, 3.8) is 0 Å². The van der Waals surface area contributed by atoms with Crippen LogP contribution in [-0.4, -0.2) is 26.7 Å². The lowest BCUT2D eigenvalue weighted by atomic mass is 9.96. The maximum absolute atomic E-state index is 10.2. The Morgan fingerprint density at radius 2 is 2.62 bits per heavy atom. The van der Waals surface area contributed by atoms with Gasteiger partial charge in [0, 0.05) is 28.5 Å². The number of thioether (sulfide) groups is 1. The van der Waals surface area contributed by atoms with E-state index in [-0.39, 0.29) is 0 Å². The van der Waals surface area contributed by atoms with Gasteiger partial charge in [-0.2, -0.15) is 11.8 Å². The predicted octanol–water partition coefficient (Wildman–Crippen LogP) is 1.94. The van der Waals surface area contributed by atoms with Gasteiger partial charge in [-0.1, -0.05) is 6.92 Å². The molecule has 1 N–H and O–H groups in total. The molecule has 72 valence electrons. The summed E-state index contributed by atoms with van der Waals surface area (Å²) in [5.74, 6) is 0.867. The van der Waals surface area contributed by atoms with Crippen molar-refractivity contribution in [2.75, 3.05) is 5.75 Å². The molecular formula is C9H13NOS2. The molecule has 0 saturated carbocycles. The fourth-order valence-electron chi connectivity index (χ4n) is 1.73. The molecule has 0 bridgehead atoms. The van der Waals surface area contributed by atoms with Crippen LogP contribution in [-0.2, 0) is 6.42 Å². The number of nitrogens with zero attached hydrogens (tertiary/aromatic N) is 1. The largest absolute Gasteiger partial charge is 0.389 e. The van der Waals surface area contributed by atoms with Gasteiger partial charge in [0.05, 0.1) is 11.1 Å². The molecular weight excluding hydrogens is 202 g/mol. The van der Waals surface area contributed by atoms with Crippen LogP contribution in [0.15, 0.2) is 11.7 Å². The topological polar surface area (TPSA) is 33.1 Å². The lowest BCUT2D eigenvalue weighted by Crippen LogP contribution is -2.31. The van der Waals surface area contributed by atoms with E-state index in [1.165, 1.54) is 4.88 Å². The standard InChI is InChI=1S/C9H13NOS2/c1-7-2-9(11,5-12-7)3-8-4-10-6-13-8/h4,6-7,11H,2-3,5H2,1H3. The van der Waals surface area contributed by atoms with Gasteiger partial charge in [-0.05, 0) is 6.42 Å². The van der Waals surface area contributed by atoms with Crippen LogP contribution in [0, 0.1) is 0 Å². The summed E-state index contributed by atoms with van der Waals surface area (Å²) in [6, 6.07) is 0. The molecule has 1 aliphatic heterocycles. The van der Waals surface area contributed by atoms with Crippen molar-refractivity contribution in [3.8, 4) is 0 Å². The summed E-state index contributed by atoms with van der Waals surface area (Å²) in [7, 11) is 0. The Morgan fingerprint density at radius 1 is 1.77 bits per heavy atom. The summed E-state index contributed by atoms with van der Waals surface area (Å²) in [6.07, 6.45) is 3.54. The molecule has 1 aromatic heterocycles. The van der Waals surface area contributed by atoms with E-state index in [1.54, 1.807) is 11.3 Å². The first-order valence-electron chi connectivity index (χ1n) is 4.39. The van der Waals surface area contributed by atoms with Gasteiger partial charge >= 0.3 is 0 Å². The normalized spacial score (nSPS) is 33.8. The molecule has 2 rings (SSSR count). The molecule has 0 amide bonds. The molecule has 0 aliphatic carbocycles. The van der Waals surface area contributed by atoms with Gasteiger partial charge in [0.2, 0.25) is 0 Å². The Morgan fingerprint density at radius 3 is 3.15 bits per heavy atom. The highest BCUT2D eigenvalue weighted by atomic mass is 32.2. The highest BCUT2D eigenvalue weighted by Gasteiger charge is 2.36.